The molecule has 1 N–H and O–H groups in total. The first kappa shape index (κ1) is 12.6. The number of aryl methyl sites for hydroxylation is 1. The largest absolute Gasteiger partial charge is 0.489 e. The van der Waals surface area contributed by atoms with Crippen molar-refractivity contribution in [1.29, 1.82) is 0 Å². The third-order valence-corrected chi connectivity index (χ3v) is 2.62. The second-order valence-corrected chi connectivity index (χ2v) is 4.46. The first-order chi connectivity index (χ1) is 8.58. The Morgan fingerprint density at radius 3 is 2.72 bits per heavy atom. The molecule has 0 fully saturated rings. The van der Waals surface area contributed by atoms with Gasteiger partial charge in [0.2, 0.25) is 0 Å². The quantitative estimate of drug-likeness (QED) is 0.902. The Morgan fingerprint density at radius 1 is 1.33 bits per heavy atom. The molecule has 1 unspecified atom stereocenters. The van der Waals surface area contributed by atoms with Crippen molar-refractivity contribution in [1.82, 2.24) is 4.98 Å². The van der Waals surface area contributed by atoms with E-state index in [0.29, 0.717) is 17.1 Å². The van der Waals surface area contributed by atoms with Gasteiger partial charge in [0.1, 0.15) is 17.6 Å². The van der Waals surface area contributed by atoms with Gasteiger partial charge in [-0.1, -0.05) is 0 Å². The molecule has 4 heteroatoms. The molecular weight excluding hydrogens is 230 g/mol. The van der Waals surface area contributed by atoms with Crippen LogP contribution in [0.5, 0.6) is 5.75 Å². The predicted octanol–water partition coefficient (Wildman–Crippen LogP) is 2.85. The zero-order valence-corrected chi connectivity index (χ0v) is 10.8. The van der Waals surface area contributed by atoms with Crippen LogP contribution in [-0.2, 0) is 0 Å². The van der Waals surface area contributed by atoms with E-state index in [1.54, 1.807) is 30.8 Å². The molecule has 4 nitrogen and oxygen atoms in total. The maximum atomic E-state index is 10.3. The zero-order valence-electron chi connectivity index (χ0n) is 10.8. The molecule has 18 heavy (non-hydrogen) atoms. The molecule has 0 bridgehead atoms. The van der Waals surface area contributed by atoms with Gasteiger partial charge in [0, 0.05) is 17.3 Å². The molecule has 1 atom stereocenters. The fraction of sp³-hybridized carbons (Fsp3) is 0.357. The van der Waals surface area contributed by atoms with Gasteiger partial charge >= 0.3 is 0 Å². The predicted molar refractivity (Wildman–Crippen MR) is 67.5 cm³/mol. The Morgan fingerprint density at radius 2 is 2.11 bits per heavy atom. The molecule has 0 amide bonds. The lowest BCUT2D eigenvalue weighted by Gasteiger charge is -2.13. The van der Waals surface area contributed by atoms with Crippen molar-refractivity contribution < 1.29 is 14.3 Å². The average molecular weight is 247 g/mol. The summed E-state index contributed by atoms with van der Waals surface area (Å²) in [7, 11) is 0. The van der Waals surface area contributed by atoms with Crippen LogP contribution in [0.25, 0.3) is 0 Å². The number of ether oxygens (including phenoxy) is 1. The van der Waals surface area contributed by atoms with E-state index in [0.717, 1.165) is 5.56 Å². The summed E-state index contributed by atoms with van der Waals surface area (Å²) in [6.45, 7) is 5.72. The minimum atomic E-state index is -0.744. The number of rotatable bonds is 4. The van der Waals surface area contributed by atoms with Gasteiger partial charge in [-0.2, -0.15) is 0 Å². The fourth-order valence-corrected chi connectivity index (χ4v) is 1.78. The van der Waals surface area contributed by atoms with Gasteiger partial charge in [0.25, 0.3) is 0 Å². The molecule has 0 spiro atoms. The van der Waals surface area contributed by atoms with Gasteiger partial charge in [-0.05, 0) is 32.9 Å². The van der Waals surface area contributed by atoms with E-state index in [-0.39, 0.29) is 6.10 Å². The lowest BCUT2D eigenvalue weighted by Crippen LogP contribution is -2.07. The third kappa shape index (κ3) is 2.71. The van der Waals surface area contributed by atoms with E-state index in [9.17, 15) is 5.11 Å². The highest BCUT2D eigenvalue weighted by Gasteiger charge is 2.16. The number of aromatic nitrogens is 1. The minimum absolute atomic E-state index is 0.0786. The first-order valence-electron chi connectivity index (χ1n) is 5.91. The van der Waals surface area contributed by atoms with E-state index in [4.69, 9.17) is 9.15 Å². The molecule has 0 aliphatic rings. The summed E-state index contributed by atoms with van der Waals surface area (Å²) in [5, 5.41) is 10.3. The van der Waals surface area contributed by atoms with Crippen molar-refractivity contribution in [2.45, 2.75) is 33.0 Å². The normalized spacial score (nSPS) is 12.7. The van der Waals surface area contributed by atoms with Gasteiger partial charge in [-0.15, -0.1) is 0 Å². The molecule has 2 aromatic rings. The summed E-state index contributed by atoms with van der Waals surface area (Å²) in [6, 6.07) is 3.56. The lowest BCUT2D eigenvalue weighted by molar-refractivity contribution is 0.213. The molecule has 0 aliphatic carbocycles. The van der Waals surface area contributed by atoms with Gasteiger partial charge in [0.05, 0.1) is 18.6 Å². The number of aliphatic hydroxyl groups excluding tert-OH is 1. The molecule has 96 valence electrons. The Labute approximate surface area is 106 Å². The molecule has 2 rings (SSSR count). The van der Waals surface area contributed by atoms with Gasteiger partial charge in [-0.3, -0.25) is 4.98 Å². The van der Waals surface area contributed by atoms with E-state index >= 15 is 0 Å². The molecule has 0 saturated carbocycles. The number of pyridine rings is 1. The standard InChI is InChI=1S/C14H17NO3/c1-9(2)18-12-6-11(7-15-8-12)14(16)13-4-5-17-10(13)3/h4-9,14,16H,1-3H3. The molecule has 2 aromatic heterocycles. The van der Waals surface area contributed by atoms with Crippen LogP contribution in [0.3, 0.4) is 0 Å². The van der Waals surface area contributed by atoms with Crippen molar-refractivity contribution in [2.75, 3.05) is 0 Å². The van der Waals surface area contributed by atoms with E-state index in [1.165, 1.54) is 0 Å². The van der Waals surface area contributed by atoms with Gasteiger partial charge in [0.15, 0.2) is 0 Å². The maximum Gasteiger partial charge on any atom is 0.138 e. The first-order valence-corrected chi connectivity index (χ1v) is 5.91. The Bertz CT molecular complexity index is 519. The van der Waals surface area contributed by atoms with Crippen molar-refractivity contribution in [3.05, 3.63) is 47.7 Å². The number of hydrogen-bond acceptors (Lipinski definition) is 4. The van der Waals surface area contributed by atoms with Crippen molar-refractivity contribution in [3.63, 3.8) is 0 Å². The summed E-state index contributed by atoms with van der Waals surface area (Å²) >= 11 is 0. The summed E-state index contributed by atoms with van der Waals surface area (Å²) in [5.41, 5.74) is 1.44. The highest BCUT2D eigenvalue weighted by molar-refractivity contribution is 5.33. The Balaban J connectivity index is 2.25. The Hall–Kier alpha value is -1.81. The van der Waals surface area contributed by atoms with Crippen LogP contribution in [-0.4, -0.2) is 16.2 Å². The SMILES string of the molecule is Cc1occc1C(O)c1cncc(OC(C)C)c1. The lowest BCUT2D eigenvalue weighted by atomic mass is 10.0. The molecule has 0 aliphatic heterocycles. The molecule has 0 aromatic carbocycles. The van der Waals surface area contributed by atoms with Gasteiger partial charge in [-0.25, -0.2) is 0 Å². The van der Waals surface area contributed by atoms with Crippen LogP contribution in [0.4, 0.5) is 0 Å². The van der Waals surface area contributed by atoms with Crippen molar-refractivity contribution in [2.24, 2.45) is 0 Å². The van der Waals surface area contributed by atoms with E-state index in [2.05, 4.69) is 4.98 Å². The maximum absolute atomic E-state index is 10.3. The number of hydrogen-bond donors (Lipinski definition) is 1. The van der Waals surface area contributed by atoms with E-state index < -0.39 is 6.10 Å². The summed E-state index contributed by atoms with van der Waals surface area (Å²) in [5.74, 6) is 1.36. The van der Waals surface area contributed by atoms with Crippen LogP contribution in [0.15, 0.2) is 35.2 Å². The summed E-state index contributed by atoms with van der Waals surface area (Å²) in [6.07, 6.45) is 4.17. The molecule has 0 radical (unpaired) electrons. The highest BCUT2D eigenvalue weighted by Crippen LogP contribution is 2.27. The molecule has 0 saturated heterocycles. The highest BCUT2D eigenvalue weighted by atomic mass is 16.5. The van der Waals surface area contributed by atoms with Crippen LogP contribution >= 0.6 is 0 Å². The number of nitrogens with zero attached hydrogens (tertiary/aromatic N) is 1. The minimum Gasteiger partial charge on any atom is -0.489 e. The van der Waals surface area contributed by atoms with E-state index in [1.807, 2.05) is 20.8 Å². The topological polar surface area (TPSA) is 55.5 Å². The summed E-state index contributed by atoms with van der Waals surface area (Å²) in [4.78, 5) is 4.08. The fourth-order valence-electron chi connectivity index (χ4n) is 1.78. The zero-order chi connectivity index (χ0) is 13.1. The molecule has 2 heterocycles. The summed E-state index contributed by atoms with van der Waals surface area (Å²) < 4.78 is 10.7. The van der Waals surface area contributed by atoms with Crippen LogP contribution in [0, 0.1) is 6.92 Å². The van der Waals surface area contributed by atoms with Crippen LogP contribution in [0.2, 0.25) is 0 Å². The average Bonchev–Trinajstić information content (AvgIpc) is 2.74. The smallest absolute Gasteiger partial charge is 0.138 e. The third-order valence-electron chi connectivity index (χ3n) is 2.62. The van der Waals surface area contributed by atoms with Gasteiger partial charge < -0.3 is 14.3 Å². The second kappa shape index (κ2) is 5.23. The molecular formula is C14H17NO3. The second-order valence-electron chi connectivity index (χ2n) is 4.46. The van der Waals surface area contributed by atoms with Crippen molar-refractivity contribution in [3.8, 4) is 5.75 Å². The van der Waals surface area contributed by atoms with Crippen LogP contribution in [0.1, 0.15) is 36.8 Å². The number of furan rings is 1. The van der Waals surface area contributed by atoms with Crippen LogP contribution < -0.4 is 4.74 Å². The monoisotopic (exact) mass is 247 g/mol. The van der Waals surface area contributed by atoms with Crippen molar-refractivity contribution >= 4 is 0 Å². The number of aliphatic hydroxyl groups is 1. The Kier molecular flexibility index (Phi) is 3.67.